The molecule has 0 atom stereocenters. The summed E-state index contributed by atoms with van der Waals surface area (Å²) in [7, 11) is 0. The number of ether oxygens (including phenoxy) is 1. The second-order valence-electron chi connectivity index (χ2n) is 8.46. The van der Waals surface area contributed by atoms with E-state index in [1.165, 1.54) is 6.92 Å². The highest BCUT2D eigenvalue weighted by Gasteiger charge is 2.21. The number of benzene rings is 3. The van der Waals surface area contributed by atoms with Crippen molar-refractivity contribution in [3.63, 3.8) is 0 Å². The van der Waals surface area contributed by atoms with Crippen molar-refractivity contribution in [2.75, 3.05) is 5.32 Å². The molecule has 3 rings (SSSR count). The van der Waals surface area contributed by atoms with E-state index >= 15 is 0 Å². The van der Waals surface area contributed by atoms with Crippen LogP contribution < -0.4 is 10.1 Å². The summed E-state index contributed by atoms with van der Waals surface area (Å²) in [5, 5.41) is 2.88. The standard InChI is InChI=1S/C26H27NO3/c1-17-6-13-22(14-7-17)30-24-16-20(10-15-23(24)26(3,4)5)25(29)27-21-11-8-19(9-12-21)18(2)28/h6-16H,1-5H3,(H,27,29). The lowest BCUT2D eigenvalue weighted by molar-refractivity contribution is 0.101. The van der Waals surface area contributed by atoms with E-state index in [0.29, 0.717) is 22.6 Å². The Labute approximate surface area is 177 Å². The maximum Gasteiger partial charge on any atom is 0.255 e. The molecule has 0 aliphatic rings. The van der Waals surface area contributed by atoms with E-state index in [1.807, 2.05) is 43.3 Å². The first-order valence-electron chi connectivity index (χ1n) is 9.95. The molecule has 0 fully saturated rings. The average molecular weight is 402 g/mol. The molecule has 0 heterocycles. The molecule has 0 aliphatic carbocycles. The van der Waals surface area contributed by atoms with Crippen LogP contribution in [0, 0.1) is 6.92 Å². The number of hydrogen-bond donors (Lipinski definition) is 1. The van der Waals surface area contributed by atoms with Gasteiger partial charge in [0.2, 0.25) is 0 Å². The molecule has 4 heteroatoms. The van der Waals surface area contributed by atoms with E-state index in [0.717, 1.165) is 16.9 Å². The SMILES string of the molecule is CC(=O)c1ccc(NC(=O)c2ccc(C(C)(C)C)c(Oc3ccc(C)cc3)c2)cc1. The molecule has 0 spiro atoms. The number of anilines is 1. The van der Waals surface area contributed by atoms with Crippen molar-refractivity contribution in [1.82, 2.24) is 0 Å². The predicted molar refractivity (Wildman–Crippen MR) is 121 cm³/mol. The quantitative estimate of drug-likeness (QED) is 0.494. The molecule has 0 aliphatic heterocycles. The fraction of sp³-hybridized carbons (Fsp3) is 0.231. The molecule has 0 radical (unpaired) electrons. The molecule has 3 aromatic rings. The van der Waals surface area contributed by atoms with Crippen molar-refractivity contribution in [1.29, 1.82) is 0 Å². The Hall–Kier alpha value is -3.40. The van der Waals surface area contributed by atoms with Gasteiger partial charge in [0.25, 0.3) is 5.91 Å². The minimum absolute atomic E-state index is 0.0106. The highest BCUT2D eigenvalue weighted by atomic mass is 16.5. The zero-order valence-electron chi connectivity index (χ0n) is 18.1. The van der Waals surface area contributed by atoms with Gasteiger partial charge in [0.15, 0.2) is 5.78 Å². The molecular formula is C26H27NO3. The normalized spacial score (nSPS) is 11.1. The summed E-state index contributed by atoms with van der Waals surface area (Å²) >= 11 is 0. The molecule has 30 heavy (non-hydrogen) atoms. The van der Waals surface area contributed by atoms with E-state index in [4.69, 9.17) is 4.74 Å². The highest BCUT2D eigenvalue weighted by Crippen LogP contribution is 2.35. The van der Waals surface area contributed by atoms with E-state index < -0.39 is 0 Å². The van der Waals surface area contributed by atoms with Gasteiger partial charge >= 0.3 is 0 Å². The molecule has 0 bridgehead atoms. The lowest BCUT2D eigenvalue weighted by atomic mass is 9.85. The van der Waals surface area contributed by atoms with E-state index in [1.54, 1.807) is 30.3 Å². The van der Waals surface area contributed by atoms with Crippen LogP contribution in [0.2, 0.25) is 0 Å². The smallest absolute Gasteiger partial charge is 0.255 e. The van der Waals surface area contributed by atoms with Crippen LogP contribution in [0.5, 0.6) is 11.5 Å². The molecular weight excluding hydrogens is 374 g/mol. The Kier molecular flexibility index (Phi) is 6.06. The first kappa shape index (κ1) is 21.3. The van der Waals surface area contributed by atoms with Gasteiger partial charge in [-0.05, 0) is 67.8 Å². The zero-order chi connectivity index (χ0) is 21.9. The first-order chi connectivity index (χ1) is 14.1. The molecule has 1 amide bonds. The third-order valence-corrected chi connectivity index (χ3v) is 4.85. The summed E-state index contributed by atoms with van der Waals surface area (Å²) < 4.78 is 6.16. The Morgan fingerprint density at radius 2 is 1.43 bits per heavy atom. The molecule has 0 aromatic heterocycles. The van der Waals surface area contributed by atoms with Crippen molar-refractivity contribution in [3.05, 3.63) is 89.0 Å². The fourth-order valence-corrected chi connectivity index (χ4v) is 3.09. The minimum atomic E-state index is -0.236. The van der Waals surface area contributed by atoms with Gasteiger partial charge in [-0.15, -0.1) is 0 Å². The first-order valence-corrected chi connectivity index (χ1v) is 9.95. The van der Waals surface area contributed by atoms with Crippen LogP contribution in [0.3, 0.4) is 0 Å². The van der Waals surface area contributed by atoms with Gasteiger partial charge in [0, 0.05) is 22.4 Å². The van der Waals surface area contributed by atoms with Crippen LogP contribution in [-0.4, -0.2) is 11.7 Å². The number of carbonyl (C=O) groups excluding carboxylic acids is 2. The number of rotatable bonds is 5. The second kappa shape index (κ2) is 8.54. The van der Waals surface area contributed by atoms with Gasteiger partial charge < -0.3 is 10.1 Å². The topological polar surface area (TPSA) is 55.4 Å². The molecule has 1 N–H and O–H groups in total. The van der Waals surface area contributed by atoms with Crippen molar-refractivity contribution in [3.8, 4) is 11.5 Å². The largest absolute Gasteiger partial charge is 0.457 e. The van der Waals surface area contributed by atoms with Crippen LogP contribution in [0.4, 0.5) is 5.69 Å². The Balaban J connectivity index is 1.88. The van der Waals surface area contributed by atoms with Gasteiger partial charge in [0.1, 0.15) is 11.5 Å². The maximum atomic E-state index is 12.8. The number of hydrogen-bond acceptors (Lipinski definition) is 3. The Morgan fingerprint density at radius 3 is 2.00 bits per heavy atom. The third kappa shape index (κ3) is 5.15. The number of ketones is 1. The summed E-state index contributed by atoms with van der Waals surface area (Å²) in [6.45, 7) is 9.88. The highest BCUT2D eigenvalue weighted by molar-refractivity contribution is 6.05. The molecule has 4 nitrogen and oxygen atoms in total. The number of aryl methyl sites for hydroxylation is 1. The van der Waals surface area contributed by atoms with Crippen LogP contribution in [0.1, 0.15) is 59.5 Å². The van der Waals surface area contributed by atoms with Crippen LogP contribution in [0.15, 0.2) is 66.7 Å². The molecule has 0 saturated carbocycles. The van der Waals surface area contributed by atoms with Gasteiger partial charge in [-0.1, -0.05) is 44.5 Å². The predicted octanol–water partition coefficient (Wildman–Crippen LogP) is 6.54. The van der Waals surface area contributed by atoms with Gasteiger partial charge in [-0.25, -0.2) is 0 Å². The number of Topliss-reactive ketones (excluding diaryl/α,β-unsaturated/α-hetero) is 1. The van der Waals surface area contributed by atoms with Crippen LogP contribution >= 0.6 is 0 Å². The lowest BCUT2D eigenvalue weighted by Gasteiger charge is -2.23. The van der Waals surface area contributed by atoms with Crippen molar-refractivity contribution < 1.29 is 14.3 Å². The third-order valence-electron chi connectivity index (χ3n) is 4.85. The zero-order valence-corrected chi connectivity index (χ0v) is 18.1. The summed E-state index contributed by atoms with van der Waals surface area (Å²) in [6, 6.07) is 20.2. The monoisotopic (exact) mass is 401 g/mol. The van der Waals surface area contributed by atoms with E-state index in [2.05, 4.69) is 26.1 Å². The average Bonchev–Trinajstić information content (AvgIpc) is 2.69. The fourth-order valence-electron chi connectivity index (χ4n) is 3.09. The Morgan fingerprint density at radius 1 is 0.833 bits per heavy atom. The number of carbonyl (C=O) groups is 2. The van der Waals surface area contributed by atoms with Gasteiger partial charge in [-0.3, -0.25) is 9.59 Å². The van der Waals surface area contributed by atoms with Crippen molar-refractivity contribution >= 4 is 17.4 Å². The lowest BCUT2D eigenvalue weighted by Crippen LogP contribution is -2.16. The second-order valence-corrected chi connectivity index (χ2v) is 8.46. The summed E-state index contributed by atoms with van der Waals surface area (Å²) in [4.78, 5) is 24.2. The van der Waals surface area contributed by atoms with Crippen LogP contribution in [0.25, 0.3) is 0 Å². The Bertz CT molecular complexity index is 1060. The summed E-state index contributed by atoms with van der Waals surface area (Å²) in [5.74, 6) is 1.14. The van der Waals surface area contributed by atoms with E-state index in [-0.39, 0.29) is 17.1 Å². The molecule has 154 valence electrons. The van der Waals surface area contributed by atoms with Gasteiger partial charge in [0.05, 0.1) is 0 Å². The molecule has 3 aromatic carbocycles. The number of nitrogens with one attached hydrogen (secondary N) is 1. The molecule has 0 saturated heterocycles. The minimum Gasteiger partial charge on any atom is -0.457 e. The summed E-state index contributed by atoms with van der Waals surface area (Å²) in [6.07, 6.45) is 0. The van der Waals surface area contributed by atoms with Crippen LogP contribution in [-0.2, 0) is 5.41 Å². The van der Waals surface area contributed by atoms with Crippen molar-refractivity contribution in [2.45, 2.75) is 40.0 Å². The van der Waals surface area contributed by atoms with Gasteiger partial charge in [-0.2, -0.15) is 0 Å². The molecule has 0 unspecified atom stereocenters. The van der Waals surface area contributed by atoms with Crippen molar-refractivity contribution in [2.24, 2.45) is 0 Å². The number of amides is 1. The van der Waals surface area contributed by atoms with E-state index in [9.17, 15) is 9.59 Å². The summed E-state index contributed by atoms with van der Waals surface area (Å²) in [5.41, 5.74) is 3.77. The maximum absolute atomic E-state index is 12.8.